The predicted octanol–water partition coefficient (Wildman–Crippen LogP) is 2.92. The molecule has 0 bridgehead atoms. The van der Waals surface area contributed by atoms with Crippen LogP contribution in [0.25, 0.3) is 10.9 Å². The maximum Gasteiger partial charge on any atom is 0.261 e. The molecular formula is C16H14IN3O2. The molecule has 3 aromatic rings. The lowest BCUT2D eigenvalue weighted by Gasteiger charge is -2.10. The van der Waals surface area contributed by atoms with Crippen LogP contribution >= 0.6 is 22.6 Å². The minimum absolute atomic E-state index is 0.0314. The summed E-state index contributed by atoms with van der Waals surface area (Å²) >= 11 is 2.20. The molecule has 2 heterocycles. The Morgan fingerprint density at radius 3 is 3.05 bits per heavy atom. The van der Waals surface area contributed by atoms with Gasteiger partial charge < -0.3 is 4.52 Å². The van der Waals surface area contributed by atoms with E-state index in [0.29, 0.717) is 11.9 Å². The first-order chi connectivity index (χ1) is 10.7. The quantitative estimate of drug-likeness (QED) is 0.613. The first-order valence-corrected chi connectivity index (χ1v) is 8.41. The van der Waals surface area contributed by atoms with Gasteiger partial charge in [0.05, 0.1) is 23.8 Å². The topological polar surface area (TPSA) is 60.9 Å². The van der Waals surface area contributed by atoms with Crippen LogP contribution < -0.4 is 5.56 Å². The summed E-state index contributed by atoms with van der Waals surface area (Å²) in [6.07, 6.45) is 5.84. The summed E-state index contributed by atoms with van der Waals surface area (Å²) in [6, 6.07) is 5.70. The predicted molar refractivity (Wildman–Crippen MR) is 91.0 cm³/mol. The standard InChI is InChI=1S/C16H14IN3O2/c17-10-5-6-13-12(7-10)16(21)20(9-18-13)8-14-11-3-1-2-4-15(11)22-19-14/h5-7,9H,1-4,8H2. The smallest absolute Gasteiger partial charge is 0.261 e. The monoisotopic (exact) mass is 407 g/mol. The molecule has 4 rings (SSSR count). The van der Waals surface area contributed by atoms with Crippen LogP contribution in [0, 0.1) is 3.57 Å². The molecule has 0 aliphatic heterocycles. The van der Waals surface area contributed by atoms with Crippen LogP contribution in [-0.4, -0.2) is 14.7 Å². The van der Waals surface area contributed by atoms with Crippen molar-refractivity contribution in [2.45, 2.75) is 32.2 Å². The number of nitrogens with zero attached hydrogens (tertiary/aromatic N) is 3. The van der Waals surface area contributed by atoms with E-state index in [1.165, 1.54) is 5.56 Å². The molecule has 1 aliphatic rings. The maximum atomic E-state index is 12.6. The summed E-state index contributed by atoms with van der Waals surface area (Å²) in [5.41, 5.74) is 2.74. The number of aromatic nitrogens is 3. The third kappa shape index (κ3) is 2.35. The Labute approximate surface area is 140 Å². The van der Waals surface area contributed by atoms with Crippen LogP contribution in [0.4, 0.5) is 0 Å². The molecule has 0 atom stereocenters. The van der Waals surface area contributed by atoms with Gasteiger partial charge in [-0.3, -0.25) is 9.36 Å². The second-order valence-electron chi connectivity index (χ2n) is 5.58. The summed E-state index contributed by atoms with van der Waals surface area (Å²) in [7, 11) is 0. The number of halogens is 1. The summed E-state index contributed by atoms with van der Waals surface area (Å²) in [5.74, 6) is 0.984. The SMILES string of the molecule is O=c1c2cc(I)ccc2ncn1Cc1noc2c1CCCC2. The van der Waals surface area contributed by atoms with Gasteiger partial charge in [0.15, 0.2) is 0 Å². The van der Waals surface area contributed by atoms with E-state index in [1.54, 1.807) is 10.9 Å². The zero-order valence-corrected chi connectivity index (χ0v) is 14.0. The van der Waals surface area contributed by atoms with Crippen molar-refractivity contribution in [2.75, 3.05) is 0 Å². The van der Waals surface area contributed by atoms with Crippen molar-refractivity contribution in [1.82, 2.24) is 14.7 Å². The van der Waals surface area contributed by atoms with Gasteiger partial charge >= 0.3 is 0 Å². The molecule has 6 heteroatoms. The Kier molecular flexibility index (Phi) is 3.48. The molecule has 0 radical (unpaired) electrons. The Balaban J connectivity index is 1.77. The van der Waals surface area contributed by atoms with E-state index in [0.717, 1.165) is 46.2 Å². The van der Waals surface area contributed by atoms with Crippen molar-refractivity contribution >= 4 is 33.5 Å². The third-order valence-corrected chi connectivity index (χ3v) is 4.81. The number of aryl methyl sites for hydroxylation is 1. The van der Waals surface area contributed by atoms with E-state index >= 15 is 0 Å². The van der Waals surface area contributed by atoms with Crippen molar-refractivity contribution < 1.29 is 4.52 Å². The molecular weight excluding hydrogens is 393 g/mol. The van der Waals surface area contributed by atoms with Crippen molar-refractivity contribution in [3.63, 3.8) is 0 Å². The molecule has 0 N–H and O–H groups in total. The van der Waals surface area contributed by atoms with Gasteiger partial charge in [0.2, 0.25) is 0 Å². The summed E-state index contributed by atoms with van der Waals surface area (Å²) in [5, 5.41) is 4.81. The minimum Gasteiger partial charge on any atom is -0.361 e. The molecule has 0 fully saturated rings. The second-order valence-corrected chi connectivity index (χ2v) is 6.82. The lowest BCUT2D eigenvalue weighted by Crippen LogP contribution is -2.22. The Morgan fingerprint density at radius 2 is 2.14 bits per heavy atom. The normalized spacial score (nSPS) is 14.2. The average molecular weight is 407 g/mol. The van der Waals surface area contributed by atoms with Crippen molar-refractivity contribution in [3.05, 3.63) is 55.5 Å². The summed E-state index contributed by atoms with van der Waals surface area (Å²) < 4.78 is 8.06. The maximum absolute atomic E-state index is 12.6. The highest BCUT2D eigenvalue weighted by atomic mass is 127. The van der Waals surface area contributed by atoms with E-state index in [9.17, 15) is 4.79 Å². The fraction of sp³-hybridized carbons (Fsp3) is 0.312. The van der Waals surface area contributed by atoms with Gasteiger partial charge in [0.25, 0.3) is 5.56 Å². The molecule has 5 nitrogen and oxygen atoms in total. The first kappa shape index (κ1) is 13.9. The highest BCUT2D eigenvalue weighted by Crippen LogP contribution is 2.24. The minimum atomic E-state index is -0.0314. The van der Waals surface area contributed by atoms with Crippen molar-refractivity contribution in [2.24, 2.45) is 0 Å². The van der Waals surface area contributed by atoms with Gasteiger partial charge in [0.1, 0.15) is 11.5 Å². The van der Waals surface area contributed by atoms with Crippen LogP contribution in [0.1, 0.15) is 29.9 Å². The van der Waals surface area contributed by atoms with E-state index in [1.807, 2.05) is 18.2 Å². The molecule has 0 saturated carbocycles. The molecule has 22 heavy (non-hydrogen) atoms. The number of fused-ring (bicyclic) bond motifs is 2. The van der Waals surface area contributed by atoms with Gasteiger partial charge in [-0.15, -0.1) is 0 Å². The average Bonchev–Trinajstić information content (AvgIpc) is 2.94. The molecule has 2 aromatic heterocycles. The van der Waals surface area contributed by atoms with E-state index in [-0.39, 0.29) is 5.56 Å². The number of hydrogen-bond acceptors (Lipinski definition) is 4. The van der Waals surface area contributed by atoms with Gasteiger partial charge in [-0.05, 0) is 60.1 Å². The number of hydrogen-bond donors (Lipinski definition) is 0. The Bertz CT molecular complexity index is 913. The number of benzene rings is 1. The second kappa shape index (κ2) is 5.49. The van der Waals surface area contributed by atoms with Crippen LogP contribution in [0.15, 0.2) is 33.8 Å². The highest BCUT2D eigenvalue weighted by molar-refractivity contribution is 14.1. The van der Waals surface area contributed by atoms with Crippen LogP contribution in [0.3, 0.4) is 0 Å². The molecule has 1 aromatic carbocycles. The molecule has 0 unspecified atom stereocenters. The van der Waals surface area contributed by atoms with E-state index in [4.69, 9.17) is 4.52 Å². The number of rotatable bonds is 2. The van der Waals surface area contributed by atoms with Gasteiger partial charge in [0, 0.05) is 15.6 Å². The van der Waals surface area contributed by atoms with Gasteiger partial charge in [-0.1, -0.05) is 5.16 Å². The fourth-order valence-electron chi connectivity index (χ4n) is 2.98. The summed E-state index contributed by atoms with van der Waals surface area (Å²) in [6.45, 7) is 0.423. The van der Waals surface area contributed by atoms with Crippen LogP contribution in [-0.2, 0) is 19.4 Å². The molecule has 112 valence electrons. The van der Waals surface area contributed by atoms with Crippen LogP contribution in [0.2, 0.25) is 0 Å². The van der Waals surface area contributed by atoms with Gasteiger partial charge in [-0.25, -0.2) is 4.98 Å². The zero-order chi connectivity index (χ0) is 15.1. The van der Waals surface area contributed by atoms with Gasteiger partial charge in [-0.2, -0.15) is 0 Å². The highest BCUT2D eigenvalue weighted by Gasteiger charge is 2.20. The van der Waals surface area contributed by atoms with E-state index < -0.39 is 0 Å². The first-order valence-electron chi connectivity index (χ1n) is 7.33. The largest absolute Gasteiger partial charge is 0.361 e. The fourth-order valence-corrected chi connectivity index (χ4v) is 3.47. The Morgan fingerprint density at radius 1 is 1.27 bits per heavy atom. The Hall–Kier alpha value is -1.70. The lowest BCUT2D eigenvalue weighted by molar-refractivity contribution is 0.367. The third-order valence-electron chi connectivity index (χ3n) is 4.14. The zero-order valence-electron chi connectivity index (χ0n) is 11.9. The molecule has 1 aliphatic carbocycles. The molecule has 0 saturated heterocycles. The summed E-state index contributed by atoms with van der Waals surface area (Å²) in [4.78, 5) is 17.0. The van der Waals surface area contributed by atoms with Crippen molar-refractivity contribution in [3.8, 4) is 0 Å². The van der Waals surface area contributed by atoms with Crippen LogP contribution in [0.5, 0.6) is 0 Å². The molecule has 0 spiro atoms. The lowest BCUT2D eigenvalue weighted by atomic mass is 9.96. The molecule has 0 amide bonds. The van der Waals surface area contributed by atoms with Crippen molar-refractivity contribution in [1.29, 1.82) is 0 Å². The van der Waals surface area contributed by atoms with E-state index in [2.05, 4.69) is 32.7 Å².